The maximum Gasteiger partial charge on any atom is 0.233 e. The summed E-state index contributed by atoms with van der Waals surface area (Å²) in [4.78, 5) is 13.1. The van der Waals surface area contributed by atoms with Crippen LogP contribution in [0.5, 0.6) is 0 Å². The number of carbonyl (C=O) groups excluding carboxylic acids is 1. The molecule has 1 unspecified atom stereocenters. The van der Waals surface area contributed by atoms with Crippen molar-refractivity contribution in [3.8, 4) is 0 Å². The van der Waals surface area contributed by atoms with Crippen LogP contribution in [-0.2, 0) is 11.2 Å². The Balaban J connectivity index is 1.88. The standard InChI is InChI=1S/C12H14INOS/c13-6-3-7-14-12(15)11-8-9-4-1-2-5-10(9)16-11/h1-2,4-5,11H,3,6-8H2,(H,14,15). The second kappa shape index (κ2) is 5.91. The molecule has 1 heterocycles. The number of benzene rings is 1. The summed E-state index contributed by atoms with van der Waals surface area (Å²) in [7, 11) is 0. The molecule has 1 aliphatic heterocycles. The zero-order valence-corrected chi connectivity index (χ0v) is 11.9. The maximum absolute atomic E-state index is 11.9. The first-order valence-electron chi connectivity index (χ1n) is 5.39. The van der Waals surface area contributed by atoms with E-state index in [2.05, 4.69) is 40.0 Å². The van der Waals surface area contributed by atoms with Gasteiger partial charge in [0.15, 0.2) is 0 Å². The molecule has 2 nitrogen and oxygen atoms in total. The van der Waals surface area contributed by atoms with Gasteiger partial charge in [-0.15, -0.1) is 11.8 Å². The number of carbonyl (C=O) groups is 1. The molecule has 1 aromatic carbocycles. The second-order valence-electron chi connectivity index (χ2n) is 3.75. The molecule has 0 radical (unpaired) electrons. The molecule has 0 aliphatic carbocycles. The molecule has 1 aromatic rings. The van der Waals surface area contributed by atoms with Gasteiger partial charge in [-0.3, -0.25) is 4.79 Å². The third-order valence-corrected chi connectivity index (χ3v) is 4.63. The van der Waals surface area contributed by atoms with Gasteiger partial charge in [-0.25, -0.2) is 0 Å². The molecular formula is C12H14INOS. The number of alkyl halides is 1. The van der Waals surface area contributed by atoms with Gasteiger partial charge >= 0.3 is 0 Å². The van der Waals surface area contributed by atoms with Crippen molar-refractivity contribution in [3.05, 3.63) is 29.8 Å². The summed E-state index contributed by atoms with van der Waals surface area (Å²) in [5.74, 6) is 0.186. The number of amides is 1. The summed E-state index contributed by atoms with van der Waals surface area (Å²) in [5.41, 5.74) is 1.31. The maximum atomic E-state index is 11.9. The Labute approximate surface area is 114 Å². The molecule has 0 fully saturated rings. The Hall–Kier alpha value is -0.230. The summed E-state index contributed by atoms with van der Waals surface area (Å²) in [6.45, 7) is 0.801. The van der Waals surface area contributed by atoms with Gasteiger partial charge < -0.3 is 5.32 Å². The molecule has 16 heavy (non-hydrogen) atoms. The van der Waals surface area contributed by atoms with E-state index in [-0.39, 0.29) is 11.2 Å². The van der Waals surface area contributed by atoms with Gasteiger partial charge in [-0.1, -0.05) is 40.8 Å². The van der Waals surface area contributed by atoms with E-state index in [9.17, 15) is 4.79 Å². The normalized spacial score (nSPS) is 18.2. The highest BCUT2D eigenvalue weighted by Gasteiger charge is 2.27. The fourth-order valence-corrected chi connectivity index (χ4v) is 3.32. The number of thioether (sulfide) groups is 1. The van der Waals surface area contributed by atoms with Gasteiger partial charge in [0.1, 0.15) is 0 Å². The van der Waals surface area contributed by atoms with E-state index in [1.54, 1.807) is 11.8 Å². The van der Waals surface area contributed by atoms with Crippen LogP contribution in [0.4, 0.5) is 0 Å². The highest BCUT2D eigenvalue weighted by Crippen LogP contribution is 2.36. The minimum Gasteiger partial charge on any atom is -0.355 e. The summed E-state index contributed by atoms with van der Waals surface area (Å²) in [5, 5.41) is 3.07. The molecule has 0 saturated carbocycles. The van der Waals surface area contributed by atoms with Gasteiger partial charge in [0.25, 0.3) is 0 Å². The average molecular weight is 347 g/mol. The van der Waals surface area contributed by atoms with Crippen molar-refractivity contribution in [2.45, 2.75) is 23.0 Å². The highest BCUT2D eigenvalue weighted by atomic mass is 127. The van der Waals surface area contributed by atoms with Gasteiger partial charge in [0.05, 0.1) is 5.25 Å². The van der Waals surface area contributed by atoms with Crippen molar-refractivity contribution in [3.63, 3.8) is 0 Å². The van der Waals surface area contributed by atoms with E-state index in [4.69, 9.17) is 0 Å². The van der Waals surface area contributed by atoms with E-state index in [0.29, 0.717) is 0 Å². The molecule has 1 aliphatic rings. The van der Waals surface area contributed by atoms with E-state index >= 15 is 0 Å². The lowest BCUT2D eigenvalue weighted by molar-refractivity contribution is -0.120. The molecule has 1 amide bonds. The fraction of sp³-hybridized carbons (Fsp3) is 0.417. The first kappa shape index (κ1) is 12.2. The van der Waals surface area contributed by atoms with Crippen molar-refractivity contribution in [2.75, 3.05) is 11.0 Å². The van der Waals surface area contributed by atoms with Gasteiger partial charge in [0.2, 0.25) is 5.91 Å². The number of hydrogen-bond acceptors (Lipinski definition) is 2. The van der Waals surface area contributed by atoms with Gasteiger partial charge in [-0.2, -0.15) is 0 Å². The lowest BCUT2D eigenvalue weighted by Gasteiger charge is -2.08. The number of hydrogen-bond donors (Lipinski definition) is 1. The molecule has 0 bridgehead atoms. The molecule has 0 saturated heterocycles. The van der Waals surface area contributed by atoms with Crippen LogP contribution in [0.1, 0.15) is 12.0 Å². The molecule has 1 N–H and O–H groups in total. The minimum atomic E-state index is 0.0756. The number of fused-ring (bicyclic) bond motifs is 1. The smallest absolute Gasteiger partial charge is 0.233 e. The van der Waals surface area contributed by atoms with Crippen LogP contribution in [-0.4, -0.2) is 22.1 Å². The van der Waals surface area contributed by atoms with E-state index < -0.39 is 0 Å². The third kappa shape index (κ3) is 2.91. The van der Waals surface area contributed by atoms with Crippen LogP contribution in [0.3, 0.4) is 0 Å². The third-order valence-electron chi connectivity index (χ3n) is 2.55. The molecule has 4 heteroatoms. The predicted octanol–water partition coefficient (Wildman–Crippen LogP) is 2.64. The fourth-order valence-electron chi connectivity index (χ4n) is 1.72. The Morgan fingerprint density at radius 2 is 2.31 bits per heavy atom. The van der Waals surface area contributed by atoms with Crippen molar-refractivity contribution in [1.82, 2.24) is 5.32 Å². The van der Waals surface area contributed by atoms with E-state index in [1.165, 1.54) is 10.5 Å². The first-order valence-corrected chi connectivity index (χ1v) is 7.80. The van der Waals surface area contributed by atoms with Crippen LogP contribution in [0.25, 0.3) is 0 Å². The number of halogens is 1. The zero-order valence-electron chi connectivity index (χ0n) is 8.91. The van der Waals surface area contributed by atoms with Crippen molar-refractivity contribution < 1.29 is 4.79 Å². The second-order valence-corrected chi connectivity index (χ2v) is 6.08. The largest absolute Gasteiger partial charge is 0.355 e. The number of nitrogens with one attached hydrogen (secondary N) is 1. The van der Waals surface area contributed by atoms with Crippen LogP contribution in [0.2, 0.25) is 0 Å². The summed E-state index contributed by atoms with van der Waals surface area (Å²) in [6, 6.07) is 8.27. The Morgan fingerprint density at radius 3 is 3.06 bits per heavy atom. The van der Waals surface area contributed by atoms with Crippen molar-refractivity contribution in [1.29, 1.82) is 0 Å². The van der Waals surface area contributed by atoms with Crippen LogP contribution in [0.15, 0.2) is 29.2 Å². The summed E-state index contributed by atoms with van der Waals surface area (Å²) >= 11 is 4.01. The molecule has 1 atom stereocenters. The first-order chi connectivity index (χ1) is 7.81. The highest BCUT2D eigenvalue weighted by molar-refractivity contribution is 14.1. The Morgan fingerprint density at radius 1 is 1.50 bits per heavy atom. The van der Waals surface area contributed by atoms with E-state index in [0.717, 1.165) is 23.8 Å². The molecule has 2 rings (SSSR count). The van der Waals surface area contributed by atoms with Crippen LogP contribution >= 0.6 is 34.4 Å². The van der Waals surface area contributed by atoms with Crippen LogP contribution in [0, 0.1) is 0 Å². The average Bonchev–Trinajstić information content (AvgIpc) is 2.73. The molecule has 0 spiro atoms. The van der Waals surface area contributed by atoms with Crippen molar-refractivity contribution >= 4 is 40.3 Å². The zero-order chi connectivity index (χ0) is 11.4. The van der Waals surface area contributed by atoms with Crippen molar-refractivity contribution in [2.24, 2.45) is 0 Å². The molecular weight excluding hydrogens is 333 g/mol. The summed E-state index contributed by atoms with van der Waals surface area (Å²) in [6.07, 6.45) is 1.92. The lowest BCUT2D eigenvalue weighted by atomic mass is 10.1. The van der Waals surface area contributed by atoms with E-state index in [1.807, 2.05) is 12.1 Å². The SMILES string of the molecule is O=C(NCCCI)C1Cc2ccccc2S1. The van der Waals surface area contributed by atoms with Gasteiger partial charge in [0, 0.05) is 15.9 Å². The minimum absolute atomic E-state index is 0.0756. The van der Waals surface area contributed by atoms with Gasteiger partial charge in [-0.05, 0) is 24.5 Å². The number of rotatable bonds is 4. The lowest BCUT2D eigenvalue weighted by Crippen LogP contribution is -2.33. The Bertz CT molecular complexity index is 358. The molecule has 86 valence electrons. The Kier molecular flexibility index (Phi) is 4.52. The topological polar surface area (TPSA) is 29.1 Å². The quantitative estimate of drug-likeness (QED) is 0.516. The van der Waals surface area contributed by atoms with Crippen LogP contribution < -0.4 is 5.32 Å². The molecule has 0 aromatic heterocycles. The predicted molar refractivity (Wildman–Crippen MR) is 76.3 cm³/mol. The monoisotopic (exact) mass is 347 g/mol. The summed E-state index contributed by atoms with van der Waals surface area (Å²) < 4.78 is 1.09.